The first-order valence-electron chi connectivity index (χ1n) is 4.40. The fourth-order valence-corrected chi connectivity index (χ4v) is 1.15. The molecular weight excluding hydrogens is 181 g/mol. The van der Waals surface area contributed by atoms with E-state index in [0.29, 0.717) is 12.8 Å². The molecule has 2 nitrogen and oxygen atoms in total. The molecule has 0 heterocycles. The van der Waals surface area contributed by atoms with Gasteiger partial charge in [0.1, 0.15) is 5.82 Å². The molecule has 0 N–H and O–H groups in total. The second kappa shape index (κ2) is 5.13. The average molecular weight is 191 g/mol. The van der Waals surface area contributed by atoms with Crippen molar-refractivity contribution in [2.45, 2.75) is 19.3 Å². The van der Waals surface area contributed by atoms with Gasteiger partial charge in [-0.25, -0.2) is 4.39 Å². The maximum atomic E-state index is 13.1. The number of hydrogen-bond donors (Lipinski definition) is 0. The van der Waals surface area contributed by atoms with E-state index in [1.54, 1.807) is 12.1 Å². The smallest absolute Gasteiger partial charge is 0.165 e. The van der Waals surface area contributed by atoms with Gasteiger partial charge < -0.3 is 0 Å². The molecule has 3 heteroatoms. The first kappa shape index (κ1) is 10.4. The Balaban J connectivity index is 2.62. The summed E-state index contributed by atoms with van der Waals surface area (Å²) >= 11 is 0. The Morgan fingerprint density at radius 1 is 1.43 bits per heavy atom. The molecule has 0 bridgehead atoms. The first-order valence-corrected chi connectivity index (χ1v) is 4.40. The molecule has 0 saturated heterocycles. The van der Waals surface area contributed by atoms with Crippen molar-refractivity contribution in [2.75, 3.05) is 0 Å². The van der Waals surface area contributed by atoms with E-state index in [0.717, 1.165) is 0 Å². The second-order valence-electron chi connectivity index (χ2n) is 2.91. The van der Waals surface area contributed by atoms with E-state index in [4.69, 9.17) is 5.26 Å². The third kappa shape index (κ3) is 2.67. The molecule has 0 fully saturated rings. The summed E-state index contributed by atoms with van der Waals surface area (Å²) < 4.78 is 13.1. The third-order valence-electron chi connectivity index (χ3n) is 1.87. The van der Waals surface area contributed by atoms with E-state index in [1.165, 1.54) is 12.1 Å². The molecule has 1 aromatic rings. The summed E-state index contributed by atoms with van der Waals surface area (Å²) in [5.74, 6) is -0.729. The third-order valence-corrected chi connectivity index (χ3v) is 1.87. The Bertz CT molecular complexity index is 368. The average Bonchev–Trinajstić information content (AvgIpc) is 2.18. The fraction of sp³-hybridized carbons (Fsp3) is 0.273. The van der Waals surface area contributed by atoms with E-state index in [9.17, 15) is 9.18 Å². The fourth-order valence-electron chi connectivity index (χ4n) is 1.15. The van der Waals surface area contributed by atoms with Crippen LogP contribution in [-0.4, -0.2) is 5.78 Å². The van der Waals surface area contributed by atoms with Crippen molar-refractivity contribution >= 4 is 5.78 Å². The zero-order valence-corrected chi connectivity index (χ0v) is 7.66. The van der Waals surface area contributed by atoms with Gasteiger partial charge in [0, 0.05) is 12.8 Å². The highest BCUT2D eigenvalue weighted by molar-refractivity contribution is 5.96. The van der Waals surface area contributed by atoms with Gasteiger partial charge in [-0.05, 0) is 18.6 Å². The summed E-state index contributed by atoms with van der Waals surface area (Å²) in [5, 5.41) is 8.27. The molecule has 0 aliphatic carbocycles. The number of nitrogens with zero attached hydrogens (tertiary/aromatic N) is 1. The Morgan fingerprint density at radius 3 is 2.79 bits per heavy atom. The number of hydrogen-bond acceptors (Lipinski definition) is 2. The molecule has 0 aromatic heterocycles. The lowest BCUT2D eigenvalue weighted by atomic mass is 10.1. The topological polar surface area (TPSA) is 40.9 Å². The minimum absolute atomic E-state index is 0.116. The van der Waals surface area contributed by atoms with Gasteiger partial charge in [-0.1, -0.05) is 12.1 Å². The number of halogens is 1. The molecule has 14 heavy (non-hydrogen) atoms. The van der Waals surface area contributed by atoms with Crippen LogP contribution in [0, 0.1) is 17.1 Å². The normalized spacial score (nSPS) is 9.43. The predicted octanol–water partition coefficient (Wildman–Crippen LogP) is 2.70. The number of ketones is 1. The molecule has 0 unspecified atom stereocenters. The van der Waals surface area contributed by atoms with Gasteiger partial charge in [-0.3, -0.25) is 4.79 Å². The highest BCUT2D eigenvalue weighted by Gasteiger charge is 2.09. The van der Waals surface area contributed by atoms with Crippen LogP contribution in [0.5, 0.6) is 0 Å². The number of carbonyl (C=O) groups excluding carboxylic acids is 1. The molecule has 0 atom stereocenters. The minimum atomic E-state index is -0.491. The highest BCUT2D eigenvalue weighted by Crippen LogP contribution is 2.10. The summed E-state index contributed by atoms with van der Waals surface area (Å²) in [5.41, 5.74) is 0.116. The van der Waals surface area contributed by atoms with Crippen molar-refractivity contribution < 1.29 is 9.18 Å². The van der Waals surface area contributed by atoms with E-state index < -0.39 is 5.82 Å². The summed E-state index contributed by atoms with van der Waals surface area (Å²) in [7, 11) is 0. The van der Waals surface area contributed by atoms with E-state index in [1.807, 2.05) is 6.07 Å². The van der Waals surface area contributed by atoms with Crippen LogP contribution >= 0.6 is 0 Å². The molecule has 0 spiro atoms. The molecule has 1 rings (SSSR count). The number of Topliss-reactive ketones (excluding diaryl/α,β-unsaturated/α-hetero) is 1. The summed E-state index contributed by atoms with van der Waals surface area (Å²) in [6, 6.07) is 7.84. The lowest BCUT2D eigenvalue weighted by Crippen LogP contribution is -2.01. The van der Waals surface area contributed by atoms with Crippen LogP contribution in [0.1, 0.15) is 29.6 Å². The number of carbonyl (C=O) groups is 1. The van der Waals surface area contributed by atoms with Crippen LogP contribution in [0.4, 0.5) is 4.39 Å². The monoisotopic (exact) mass is 191 g/mol. The number of benzene rings is 1. The van der Waals surface area contributed by atoms with Gasteiger partial charge in [0.25, 0.3) is 0 Å². The van der Waals surface area contributed by atoms with Crippen molar-refractivity contribution in [3.8, 4) is 6.07 Å². The molecule has 0 aliphatic heterocycles. The van der Waals surface area contributed by atoms with Gasteiger partial charge in [0.05, 0.1) is 11.6 Å². The largest absolute Gasteiger partial charge is 0.294 e. The molecule has 0 amide bonds. The van der Waals surface area contributed by atoms with Crippen LogP contribution in [0.2, 0.25) is 0 Å². The molecule has 0 saturated carbocycles. The lowest BCUT2D eigenvalue weighted by Gasteiger charge is -1.99. The molecule has 0 radical (unpaired) electrons. The molecule has 1 aromatic carbocycles. The van der Waals surface area contributed by atoms with Gasteiger partial charge in [-0.2, -0.15) is 5.26 Å². The van der Waals surface area contributed by atoms with Gasteiger partial charge >= 0.3 is 0 Å². The quantitative estimate of drug-likeness (QED) is 0.542. The molecular formula is C11H10FNO. The Labute approximate surface area is 82.0 Å². The Morgan fingerprint density at radius 2 is 2.14 bits per heavy atom. The summed E-state index contributed by atoms with van der Waals surface area (Å²) in [4.78, 5) is 11.4. The standard InChI is InChI=1S/C11H10FNO/c12-10-6-2-1-5-9(10)11(14)7-3-4-8-13/h1-2,5-6H,3-4,7H2. The van der Waals surface area contributed by atoms with Crippen LogP contribution in [-0.2, 0) is 0 Å². The zero-order chi connectivity index (χ0) is 10.4. The maximum absolute atomic E-state index is 13.1. The lowest BCUT2D eigenvalue weighted by molar-refractivity contribution is 0.0976. The summed E-state index contributed by atoms with van der Waals surface area (Å²) in [6.07, 6.45) is 1.05. The zero-order valence-electron chi connectivity index (χ0n) is 7.66. The first-order chi connectivity index (χ1) is 6.75. The van der Waals surface area contributed by atoms with Crippen molar-refractivity contribution in [2.24, 2.45) is 0 Å². The SMILES string of the molecule is N#CCCCC(=O)c1ccccc1F. The van der Waals surface area contributed by atoms with E-state index >= 15 is 0 Å². The number of rotatable bonds is 4. The molecule has 72 valence electrons. The minimum Gasteiger partial charge on any atom is -0.294 e. The van der Waals surface area contributed by atoms with Gasteiger partial charge in [-0.15, -0.1) is 0 Å². The van der Waals surface area contributed by atoms with Gasteiger partial charge in [0.2, 0.25) is 0 Å². The molecule has 0 aliphatic rings. The van der Waals surface area contributed by atoms with Crippen LogP contribution < -0.4 is 0 Å². The number of unbranched alkanes of at least 4 members (excludes halogenated alkanes) is 1. The Kier molecular flexibility index (Phi) is 3.81. The summed E-state index contributed by atoms with van der Waals surface area (Å²) in [6.45, 7) is 0. The van der Waals surface area contributed by atoms with Crippen LogP contribution in [0.3, 0.4) is 0 Å². The number of nitriles is 1. The van der Waals surface area contributed by atoms with E-state index in [-0.39, 0.29) is 17.8 Å². The van der Waals surface area contributed by atoms with E-state index in [2.05, 4.69) is 0 Å². The van der Waals surface area contributed by atoms with Crippen molar-refractivity contribution in [3.05, 3.63) is 35.6 Å². The maximum Gasteiger partial charge on any atom is 0.165 e. The van der Waals surface area contributed by atoms with Crippen LogP contribution in [0.15, 0.2) is 24.3 Å². The Hall–Kier alpha value is -1.69. The second-order valence-corrected chi connectivity index (χ2v) is 2.91. The van der Waals surface area contributed by atoms with Crippen molar-refractivity contribution in [3.63, 3.8) is 0 Å². The van der Waals surface area contributed by atoms with Gasteiger partial charge in [0.15, 0.2) is 5.78 Å². The van der Waals surface area contributed by atoms with Crippen LogP contribution in [0.25, 0.3) is 0 Å². The predicted molar refractivity (Wildman–Crippen MR) is 50.2 cm³/mol. The van der Waals surface area contributed by atoms with Crippen molar-refractivity contribution in [1.82, 2.24) is 0 Å². The van der Waals surface area contributed by atoms with Crippen molar-refractivity contribution in [1.29, 1.82) is 5.26 Å². The highest BCUT2D eigenvalue weighted by atomic mass is 19.1.